The Kier molecular flexibility index (Phi) is 6.82. The van der Waals surface area contributed by atoms with E-state index in [1.54, 1.807) is 12.1 Å². The Hall–Kier alpha value is -2.80. The molecular weight excluding hydrogens is 398 g/mol. The number of hydrogen-bond donors (Lipinski definition) is 2. The summed E-state index contributed by atoms with van der Waals surface area (Å²) in [5, 5.41) is 5.47. The lowest BCUT2D eigenvalue weighted by Gasteiger charge is -2.20. The van der Waals surface area contributed by atoms with Crippen molar-refractivity contribution in [3.8, 4) is 0 Å². The average Bonchev–Trinajstić information content (AvgIpc) is 3.13. The van der Waals surface area contributed by atoms with Crippen molar-refractivity contribution in [3.05, 3.63) is 59.7 Å². The van der Waals surface area contributed by atoms with Crippen molar-refractivity contribution in [2.45, 2.75) is 37.6 Å². The van der Waals surface area contributed by atoms with E-state index in [4.69, 9.17) is 0 Å². The van der Waals surface area contributed by atoms with E-state index in [1.165, 1.54) is 17.3 Å². The summed E-state index contributed by atoms with van der Waals surface area (Å²) in [5.41, 5.74) is 2.26. The van der Waals surface area contributed by atoms with Gasteiger partial charge in [0.15, 0.2) is 0 Å². The van der Waals surface area contributed by atoms with Gasteiger partial charge < -0.3 is 15.5 Å². The third-order valence-corrected chi connectivity index (χ3v) is 5.65. The SMILES string of the molecule is CC(C)(C)NC(=O)CNC(=O)c1ccccc1SCC(=O)N1CCc2ccccc21. The van der Waals surface area contributed by atoms with Gasteiger partial charge in [-0.2, -0.15) is 0 Å². The Morgan fingerprint density at radius 2 is 1.73 bits per heavy atom. The lowest BCUT2D eigenvalue weighted by Crippen LogP contribution is -2.45. The summed E-state index contributed by atoms with van der Waals surface area (Å²) < 4.78 is 0. The van der Waals surface area contributed by atoms with Gasteiger partial charge in [0, 0.05) is 22.7 Å². The molecule has 0 fully saturated rings. The number of nitrogens with zero attached hydrogens (tertiary/aromatic N) is 1. The highest BCUT2D eigenvalue weighted by Gasteiger charge is 2.24. The van der Waals surface area contributed by atoms with Crippen LogP contribution in [-0.4, -0.2) is 42.1 Å². The molecule has 158 valence electrons. The topological polar surface area (TPSA) is 78.5 Å². The minimum Gasteiger partial charge on any atom is -0.350 e. The Morgan fingerprint density at radius 3 is 2.50 bits per heavy atom. The normalized spacial score (nSPS) is 13.0. The number of fused-ring (bicyclic) bond motifs is 1. The number of nitrogens with one attached hydrogen (secondary N) is 2. The van der Waals surface area contributed by atoms with E-state index < -0.39 is 0 Å². The van der Waals surface area contributed by atoms with Crippen LogP contribution in [0.3, 0.4) is 0 Å². The standard InChI is InChI=1S/C23H27N3O3S/c1-23(2,3)25-20(27)14-24-22(29)17-9-5-7-11-19(17)30-15-21(28)26-13-12-16-8-4-6-10-18(16)26/h4-11H,12-15H2,1-3H3,(H,24,29)(H,25,27). The van der Waals surface area contributed by atoms with Crippen molar-refractivity contribution in [1.29, 1.82) is 0 Å². The van der Waals surface area contributed by atoms with Crippen molar-refractivity contribution >= 4 is 35.2 Å². The summed E-state index contributed by atoms with van der Waals surface area (Å²) in [7, 11) is 0. The molecule has 3 rings (SSSR count). The Labute approximate surface area is 181 Å². The number of para-hydroxylation sites is 1. The van der Waals surface area contributed by atoms with Crippen LogP contribution in [0.25, 0.3) is 0 Å². The van der Waals surface area contributed by atoms with Gasteiger partial charge in [-0.25, -0.2) is 0 Å². The van der Waals surface area contributed by atoms with Gasteiger partial charge in [-0.05, 0) is 51.0 Å². The molecule has 2 aromatic carbocycles. The summed E-state index contributed by atoms with van der Waals surface area (Å²) in [5.74, 6) is -0.321. The number of carbonyl (C=O) groups excluding carboxylic acids is 3. The van der Waals surface area contributed by atoms with E-state index in [0.29, 0.717) is 17.0 Å². The fourth-order valence-corrected chi connectivity index (χ4v) is 4.24. The van der Waals surface area contributed by atoms with Crippen LogP contribution >= 0.6 is 11.8 Å². The van der Waals surface area contributed by atoms with Crippen LogP contribution in [0.1, 0.15) is 36.7 Å². The van der Waals surface area contributed by atoms with E-state index in [1.807, 2.05) is 62.1 Å². The predicted octanol–water partition coefficient (Wildman–Crippen LogP) is 3.01. The summed E-state index contributed by atoms with van der Waals surface area (Å²) >= 11 is 1.34. The molecule has 2 N–H and O–H groups in total. The molecule has 0 unspecified atom stereocenters. The Bertz CT molecular complexity index is 953. The fraction of sp³-hybridized carbons (Fsp3) is 0.348. The molecule has 0 saturated heterocycles. The first-order valence-corrected chi connectivity index (χ1v) is 10.9. The van der Waals surface area contributed by atoms with Gasteiger partial charge in [-0.3, -0.25) is 14.4 Å². The molecule has 0 atom stereocenters. The molecule has 0 aromatic heterocycles. The highest BCUT2D eigenvalue weighted by Crippen LogP contribution is 2.29. The van der Waals surface area contributed by atoms with Crippen LogP contribution in [0.2, 0.25) is 0 Å². The van der Waals surface area contributed by atoms with E-state index in [-0.39, 0.29) is 35.6 Å². The molecule has 0 radical (unpaired) electrons. The number of amides is 3. The first kappa shape index (κ1) is 21.9. The number of benzene rings is 2. The minimum absolute atomic E-state index is 0.0183. The molecule has 7 heteroatoms. The maximum absolute atomic E-state index is 12.8. The van der Waals surface area contributed by atoms with Crippen molar-refractivity contribution < 1.29 is 14.4 Å². The second-order valence-corrected chi connectivity index (χ2v) is 9.21. The number of thioether (sulfide) groups is 1. The molecule has 0 aliphatic carbocycles. The zero-order valence-corrected chi connectivity index (χ0v) is 18.3. The van der Waals surface area contributed by atoms with Gasteiger partial charge in [0.1, 0.15) is 0 Å². The summed E-state index contributed by atoms with van der Waals surface area (Å²) in [4.78, 5) is 39.8. The van der Waals surface area contributed by atoms with E-state index in [0.717, 1.165) is 12.1 Å². The number of carbonyl (C=O) groups is 3. The van der Waals surface area contributed by atoms with Gasteiger partial charge in [-0.15, -0.1) is 11.8 Å². The summed E-state index contributed by atoms with van der Waals surface area (Å²) in [6.45, 7) is 6.24. The third kappa shape index (κ3) is 5.63. The highest BCUT2D eigenvalue weighted by molar-refractivity contribution is 8.00. The minimum atomic E-state index is -0.357. The first-order chi connectivity index (χ1) is 14.2. The monoisotopic (exact) mass is 425 g/mol. The molecule has 0 spiro atoms. The van der Waals surface area contributed by atoms with Crippen molar-refractivity contribution in [1.82, 2.24) is 10.6 Å². The smallest absolute Gasteiger partial charge is 0.252 e. The van der Waals surface area contributed by atoms with Crippen molar-refractivity contribution in [3.63, 3.8) is 0 Å². The van der Waals surface area contributed by atoms with Gasteiger partial charge in [-0.1, -0.05) is 30.3 Å². The maximum Gasteiger partial charge on any atom is 0.252 e. The maximum atomic E-state index is 12.8. The summed E-state index contributed by atoms with van der Waals surface area (Å²) in [6.07, 6.45) is 0.863. The van der Waals surface area contributed by atoms with Crippen LogP contribution in [-0.2, 0) is 16.0 Å². The van der Waals surface area contributed by atoms with Gasteiger partial charge in [0.2, 0.25) is 11.8 Å². The molecule has 6 nitrogen and oxygen atoms in total. The number of hydrogen-bond acceptors (Lipinski definition) is 4. The molecular formula is C23H27N3O3S. The second-order valence-electron chi connectivity index (χ2n) is 8.19. The third-order valence-electron chi connectivity index (χ3n) is 4.59. The van der Waals surface area contributed by atoms with Gasteiger partial charge >= 0.3 is 0 Å². The van der Waals surface area contributed by atoms with Gasteiger partial charge in [0.25, 0.3) is 5.91 Å². The molecule has 0 bridgehead atoms. The molecule has 3 amide bonds. The Balaban J connectivity index is 1.59. The first-order valence-electron chi connectivity index (χ1n) is 9.94. The number of rotatable bonds is 6. The molecule has 0 saturated carbocycles. The summed E-state index contributed by atoms with van der Waals surface area (Å²) in [6, 6.07) is 15.1. The van der Waals surface area contributed by atoms with Crippen LogP contribution < -0.4 is 15.5 Å². The average molecular weight is 426 g/mol. The van der Waals surface area contributed by atoms with Crippen molar-refractivity contribution in [2.24, 2.45) is 0 Å². The zero-order valence-electron chi connectivity index (χ0n) is 17.5. The molecule has 1 aliphatic rings. The van der Waals surface area contributed by atoms with Crippen molar-refractivity contribution in [2.75, 3.05) is 23.7 Å². The van der Waals surface area contributed by atoms with Crippen LogP contribution in [0.15, 0.2) is 53.4 Å². The second kappa shape index (κ2) is 9.34. The number of anilines is 1. The zero-order chi connectivity index (χ0) is 21.7. The fourth-order valence-electron chi connectivity index (χ4n) is 3.31. The van der Waals surface area contributed by atoms with E-state index in [9.17, 15) is 14.4 Å². The molecule has 30 heavy (non-hydrogen) atoms. The van der Waals surface area contributed by atoms with Crippen LogP contribution in [0, 0.1) is 0 Å². The van der Waals surface area contributed by atoms with Gasteiger partial charge in [0.05, 0.1) is 17.9 Å². The lowest BCUT2D eigenvalue weighted by atomic mass is 10.1. The quantitative estimate of drug-likeness (QED) is 0.698. The highest BCUT2D eigenvalue weighted by atomic mass is 32.2. The van der Waals surface area contributed by atoms with E-state index in [2.05, 4.69) is 10.6 Å². The predicted molar refractivity (Wildman–Crippen MR) is 120 cm³/mol. The molecule has 1 aliphatic heterocycles. The van der Waals surface area contributed by atoms with Crippen LogP contribution in [0.5, 0.6) is 0 Å². The van der Waals surface area contributed by atoms with Crippen LogP contribution in [0.4, 0.5) is 5.69 Å². The largest absolute Gasteiger partial charge is 0.350 e. The van der Waals surface area contributed by atoms with E-state index >= 15 is 0 Å². The Morgan fingerprint density at radius 1 is 1.03 bits per heavy atom. The molecule has 2 aromatic rings. The lowest BCUT2D eigenvalue weighted by molar-refractivity contribution is -0.121. The molecule has 1 heterocycles.